The predicted octanol–water partition coefficient (Wildman–Crippen LogP) is 5.32. The lowest BCUT2D eigenvalue weighted by Gasteiger charge is -2.18. The van der Waals surface area contributed by atoms with E-state index in [1.54, 1.807) is 0 Å². The van der Waals surface area contributed by atoms with Crippen LogP contribution in [0.1, 0.15) is 27.8 Å². The molecule has 0 unspecified atom stereocenters. The second-order valence-electron chi connectivity index (χ2n) is 7.80. The fraction of sp³-hybridized carbons (Fsp3) is 0.154. The summed E-state index contributed by atoms with van der Waals surface area (Å²) in [6.07, 6.45) is 0. The molecule has 0 saturated heterocycles. The topological polar surface area (TPSA) is 49.4 Å². The van der Waals surface area contributed by atoms with Crippen LogP contribution in [0.4, 0.5) is 11.4 Å². The van der Waals surface area contributed by atoms with Crippen LogP contribution in [0.5, 0.6) is 0 Å². The summed E-state index contributed by atoms with van der Waals surface area (Å²) in [5, 5.41) is 3.28. The lowest BCUT2D eigenvalue weighted by molar-refractivity contribution is -0.120. The second kappa shape index (κ2) is 7.64. The maximum atomic E-state index is 13.5. The Morgan fingerprint density at radius 3 is 2.03 bits per heavy atom. The van der Waals surface area contributed by atoms with Gasteiger partial charge in [0.2, 0.25) is 0 Å². The van der Waals surface area contributed by atoms with Gasteiger partial charge in [-0.05, 0) is 67.6 Å². The van der Waals surface area contributed by atoms with Gasteiger partial charge in [-0.25, -0.2) is 4.90 Å². The van der Waals surface area contributed by atoms with E-state index in [1.807, 2.05) is 94.4 Å². The van der Waals surface area contributed by atoms with Crippen molar-refractivity contribution in [1.29, 1.82) is 0 Å². The van der Waals surface area contributed by atoms with Gasteiger partial charge in [-0.3, -0.25) is 9.59 Å². The highest BCUT2D eigenvalue weighted by Gasteiger charge is 2.40. The fourth-order valence-corrected chi connectivity index (χ4v) is 3.70. The minimum absolute atomic E-state index is 0.306. The standard InChI is InChI=1S/C26H24N2O2/c1-16-10-12-18(3)21(14-16)27-24-23(20-8-6-5-7-9-20)25(29)28(26(24)30)22-15-17(2)11-13-19(22)4/h5-15,27H,1-4H3. The lowest BCUT2D eigenvalue weighted by Crippen LogP contribution is -2.33. The number of nitrogens with one attached hydrogen (secondary N) is 1. The van der Waals surface area contributed by atoms with Gasteiger partial charge in [0.25, 0.3) is 11.8 Å². The molecule has 0 aromatic heterocycles. The predicted molar refractivity (Wildman–Crippen MR) is 121 cm³/mol. The van der Waals surface area contributed by atoms with Crippen LogP contribution in [-0.4, -0.2) is 11.8 Å². The average molecular weight is 396 g/mol. The Labute approximate surface area is 176 Å². The van der Waals surface area contributed by atoms with E-state index in [0.717, 1.165) is 33.5 Å². The van der Waals surface area contributed by atoms with Crippen LogP contribution in [0.3, 0.4) is 0 Å². The molecule has 0 fully saturated rings. The van der Waals surface area contributed by atoms with E-state index < -0.39 is 0 Å². The van der Waals surface area contributed by atoms with E-state index in [4.69, 9.17) is 0 Å². The Hall–Kier alpha value is -3.66. The fourth-order valence-electron chi connectivity index (χ4n) is 3.70. The Morgan fingerprint density at radius 1 is 0.700 bits per heavy atom. The molecular formula is C26H24N2O2. The summed E-state index contributed by atoms with van der Waals surface area (Å²) in [5.74, 6) is -0.652. The van der Waals surface area contributed by atoms with Crippen molar-refractivity contribution in [2.45, 2.75) is 27.7 Å². The zero-order valence-corrected chi connectivity index (χ0v) is 17.6. The molecule has 1 heterocycles. The van der Waals surface area contributed by atoms with Crippen molar-refractivity contribution in [3.05, 3.63) is 100 Å². The molecule has 1 aliphatic heterocycles. The van der Waals surface area contributed by atoms with Crippen LogP contribution in [0.15, 0.2) is 72.4 Å². The molecule has 1 N–H and O–H groups in total. The van der Waals surface area contributed by atoms with Gasteiger partial charge in [0.05, 0.1) is 11.3 Å². The number of anilines is 2. The van der Waals surface area contributed by atoms with Crippen molar-refractivity contribution < 1.29 is 9.59 Å². The molecule has 150 valence electrons. The first-order valence-electron chi connectivity index (χ1n) is 9.97. The van der Waals surface area contributed by atoms with Crippen molar-refractivity contribution in [2.24, 2.45) is 0 Å². The van der Waals surface area contributed by atoms with E-state index in [2.05, 4.69) is 5.32 Å². The average Bonchev–Trinajstić information content (AvgIpc) is 2.97. The van der Waals surface area contributed by atoms with E-state index in [1.165, 1.54) is 4.90 Å². The molecule has 2 amide bonds. The maximum Gasteiger partial charge on any atom is 0.282 e. The zero-order valence-electron chi connectivity index (χ0n) is 17.6. The quantitative estimate of drug-likeness (QED) is 0.608. The summed E-state index contributed by atoms with van der Waals surface area (Å²) in [6.45, 7) is 7.85. The molecule has 0 radical (unpaired) electrons. The normalized spacial score (nSPS) is 13.9. The van der Waals surface area contributed by atoms with E-state index in [0.29, 0.717) is 17.0 Å². The Balaban J connectivity index is 1.87. The minimum Gasteiger partial charge on any atom is -0.350 e. The number of benzene rings is 3. The highest BCUT2D eigenvalue weighted by atomic mass is 16.2. The molecule has 0 atom stereocenters. The number of carbonyl (C=O) groups excluding carboxylic acids is 2. The van der Waals surface area contributed by atoms with Gasteiger partial charge < -0.3 is 5.32 Å². The summed E-state index contributed by atoms with van der Waals surface area (Å²) < 4.78 is 0. The summed E-state index contributed by atoms with van der Waals surface area (Å²) >= 11 is 0. The van der Waals surface area contributed by atoms with Gasteiger partial charge in [-0.1, -0.05) is 54.6 Å². The largest absolute Gasteiger partial charge is 0.350 e. The van der Waals surface area contributed by atoms with Crippen molar-refractivity contribution in [3.63, 3.8) is 0 Å². The maximum absolute atomic E-state index is 13.5. The molecule has 4 nitrogen and oxygen atoms in total. The first-order chi connectivity index (χ1) is 14.4. The Bertz CT molecular complexity index is 1190. The van der Waals surface area contributed by atoms with Crippen molar-refractivity contribution in [1.82, 2.24) is 0 Å². The van der Waals surface area contributed by atoms with E-state index in [9.17, 15) is 9.59 Å². The van der Waals surface area contributed by atoms with Crippen LogP contribution in [0.2, 0.25) is 0 Å². The summed E-state index contributed by atoms with van der Waals surface area (Å²) in [6, 6.07) is 21.2. The lowest BCUT2D eigenvalue weighted by atomic mass is 10.0. The van der Waals surface area contributed by atoms with Gasteiger partial charge in [0.1, 0.15) is 5.70 Å². The summed E-state index contributed by atoms with van der Waals surface area (Å²) in [5.41, 5.74) is 6.81. The number of rotatable bonds is 4. The third-order valence-electron chi connectivity index (χ3n) is 5.40. The van der Waals surface area contributed by atoms with Crippen LogP contribution in [0, 0.1) is 27.7 Å². The van der Waals surface area contributed by atoms with Gasteiger partial charge >= 0.3 is 0 Å². The van der Waals surface area contributed by atoms with Crippen molar-refractivity contribution in [2.75, 3.05) is 10.2 Å². The highest BCUT2D eigenvalue weighted by Crippen LogP contribution is 2.35. The second-order valence-corrected chi connectivity index (χ2v) is 7.80. The van der Waals surface area contributed by atoms with Crippen LogP contribution >= 0.6 is 0 Å². The molecule has 3 aromatic carbocycles. The number of aryl methyl sites for hydroxylation is 4. The van der Waals surface area contributed by atoms with Crippen LogP contribution < -0.4 is 10.2 Å². The molecule has 0 aliphatic carbocycles. The Kier molecular flexibility index (Phi) is 5.00. The van der Waals surface area contributed by atoms with Gasteiger partial charge in [-0.2, -0.15) is 0 Å². The number of amides is 2. The molecular weight excluding hydrogens is 372 g/mol. The third-order valence-corrected chi connectivity index (χ3v) is 5.40. The molecule has 0 saturated carbocycles. The van der Waals surface area contributed by atoms with Crippen LogP contribution in [0.25, 0.3) is 5.57 Å². The van der Waals surface area contributed by atoms with Crippen molar-refractivity contribution >= 4 is 28.8 Å². The molecule has 0 spiro atoms. The number of hydrogen-bond donors (Lipinski definition) is 1. The number of imide groups is 1. The van der Waals surface area contributed by atoms with Gasteiger partial charge in [-0.15, -0.1) is 0 Å². The molecule has 0 bridgehead atoms. The smallest absolute Gasteiger partial charge is 0.282 e. The number of hydrogen-bond acceptors (Lipinski definition) is 3. The summed E-state index contributed by atoms with van der Waals surface area (Å²) in [4.78, 5) is 28.4. The minimum atomic E-state index is -0.339. The summed E-state index contributed by atoms with van der Waals surface area (Å²) in [7, 11) is 0. The Morgan fingerprint density at radius 2 is 1.33 bits per heavy atom. The van der Waals surface area contributed by atoms with Gasteiger partial charge in [0.15, 0.2) is 0 Å². The van der Waals surface area contributed by atoms with Crippen molar-refractivity contribution in [3.8, 4) is 0 Å². The number of nitrogens with zero attached hydrogens (tertiary/aromatic N) is 1. The zero-order chi connectivity index (χ0) is 21.4. The first kappa shape index (κ1) is 19.6. The van der Waals surface area contributed by atoms with Crippen LogP contribution in [-0.2, 0) is 9.59 Å². The third kappa shape index (κ3) is 3.41. The highest BCUT2D eigenvalue weighted by molar-refractivity contribution is 6.46. The monoisotopic (exact) mass is 396 g/mol. The SMILES string of the molecule is Cc1ccc(C)c(NC2=C(c3ccccc3)C(=O)N(c3cc(C)ccc3C)C2=O)c1. The molecule has 1 aliphatic rings. The van der Waals surface area contributed by atoms with E-state index >= 15 is 0 Å². The van der Waals surface area contributed by atoms with E-state index in [-0.39, 0.29) is 11.8 Å². The molecule has 30 heavy (non-hydrogen) atoms. The molecule has 4 heteroatoms. The van der Waals surface area contributed by atoms with Gasteiger partial charge in [0, 0.05) is 5.69 Å². The first-order valence-corrected chi connectivity index (χ1v) is 9.97. The molecule has 3 aromatic rings. The molecule has 4 rings (SSSR count). The number of carbonyl (C=O) groups is 2.